The van der Waals surface area contributed by atoms with Gasteiger partial charge in [-0.2, -0.15) is 0 Å². The molecule has 1 atom stereocenters. The van der Waals surface area contributed by atoms with E-state index in [0.29, 0.717) is 6.54 Å². The van der Waals surface area contributed by atoms with Crippen LogP contribution in [-0.2, 0) is 11.2 Å². The molecule has 1 aromatic carbocycles. The second-order valence-corrected chi connectivity index (χ2v) is 10.0. The Hall–Kier alpha value is -2.65. The van der Waals surface area contributed by atoms with Crippen LogP contribution in [0.5, 0.6) is 0 Å². The number of para-hydroxylation sites is 1. The number of aryl methyl sites for hydroxylation is 1. The Morgan fingerprint density at radius 1 is 1.15 bits per heavy atom. The van der Waals surface area contributed by atoms with Crippen LogP contribution in [0.15, 0.2) is 24.3 Å². The number of nitrogens with zero attached hydrogens (tertiary/aromatic N) is 4. The Morgan fingerprint density at radius 2 is 1.94 bits per heavy atom. The Balaban J connectivity index is 1.21. The van der Waals surface area contributed by atoms with Gasteiger partial charge in [0, 0.05) is 51.6 Å². The highest BCUT2D eigenvalue weighted by Crippen LogP contribution is 2.32. The minimum atomic E-state index is -0.00338. The number of nitrogens with one attached hydrogen (secondary N) is 1. The summed E-state index contributed by atoms with van der Waals surface area (Å²) in [7, 11) is 1.70. The average Bonchev–Trinajstić information content (AvgIpc) is 3.43. The number of aromatic nitrogens is 1. The molecule has 5 rings (SSSR count). The van der Waals surface area contributed by atoms with Gasteiger partial charge in [-0.25, -0.2) is 9.78 Å². The number of rotatable bonds is 4. The number of carbonyl (C=O) groups excluding carboxylic acids is 2. The molecular formula is C24H31N5O3S. The molecule has 3 aliphatic rings. The van der Waals surface area contributed by atoms with Gasteiger partial charge in [-0.3, -0.25) is 4.79 Å². The van der Waals surface area contributed by atoms with Crippen LogP contribution in [0, 0.1) is 6.92 Å². The first kappa shape index (κ1) is 22.2. The minimum Gasteiger partial charge on any atom is -0.380 e. The predicted molar refractivity (Wildman–Crippen MR) is 129 cm³/mol. The third kappa shape index (κ3) is 4.44. The van der Waals surface area contributed by atoms with Gasteiger partial charge in [-0.05, 0) is 44.2 Å². The number of benzene rings is 1. The number of fused-ring (bicyclic) bond motifs is 1. The minimum absolute atomic E-state index is 0.00338. The van der Waals surface area contributed by atoms with E-state index < -0.39 is 0 Å². The largest absolute Gasteiger partial charge is 0.380 e. The van der Waals surface area contributed by atoms with Crippen LogP contribution < -0.4 is 10.2 Å². The van der Waals surface area contributed by atoms with Gasteiger partial charge >= 0.3 is 6.03 Å². The summed E-state index contributed by atoms with van der Waals surface area (Å²) >= 11 is 1.49. The van der Waals surface area contributed by atoms with Crippen molar-refractivity contribution in [1.82, 2.24) is 14.8 Å². The molecule has 3 amide bonds. The number of anilines is 2. The number of hydrogen-bond donors (Lipinski definition) is 1. The van der Waals surface area contributed by atoms with Crippen molar-refractivity contribution < 1.29 is 14.3 Å². The molecule has 0 unspecified atom stereocenters. The summed E-state index contributed by atoms with van der Waals surface area (Å²) in [6, 6.07) is 8.25. The molecule has 1 N–H and O–H groups in total. The van der Waals surface area contributed by atoms with Gasteiger partial charge in [0.1, 0.15) is 4.88 Å². The van der Waals surface area contributed by atoms with Crippen LogP contribution >= 0.6 is 11.3 Å². The van der Waals surface area contributed by atoms with E-state index in [9.17, 15) is 9.59 Å². The lowest BCUT2D eigenvalue weighted by Gasteiger charge is -2.37. The normalized spacial score (nSPS) is 21.7. The number of likely N-dealkylation sites (tertiary alicyclic amines) is 1. The fourth-order valence-electron chi connectivity index (χ4n) is 5.07. The maximum absolute atomic E-state index is 13.0. The van der Waals surface area contributed by atoms with E-state index in [1.54, 1.807) is 7.11 Å². The summed E-state index contributed by atoms with van der Waals surface area (Å²) in [5.74, 6) is 0.0616. The van der Waals surface area contributed by atoms with E-state index in [-0.39, 0.29) is 24.1 Å². The molecule has 2 aromatic rings. The molecule has 0 saturated carbocycles. The van der Waals surface area contributed by atoms with Crippen molar-refractivity contribution in [1.29, 1.82) is 0 Å². The number of hydrogen-bond acceptors (Lipinski definition) is 6. The first-order chi connectivity index (χ1) is 16.0. The maximum Gasteiger partial charge on any atom is 0.322 e. The molecule has 176 valence electrons. The van der Waals surface area contributed by atoms with Gasteiger partial charge in [0.2, 0.25) is 0 Å². The number of thiazole rings is 1. The highest BCUT2D eigenvalue weighted by Gasteiger charge is 2.33. The van der Waals surface area contributed by atoms with Crippen molar-refractivity contribution in [2.45, 2.75) is 44.8 Å². The monoisotopic (exact) mass is 469 g/mol. The average molecular weight is 470 g/mol. The zero-order valence-electron chi connectivity index (χ0n) is 19.2. The van der Waals surface area contributed by atoms with Crippen molar-refractivity contribution >= 4 is 34.1 Å². The molecule has 8 nitrogen and oxygen atoms in total. The van der Waals surface area contributed by atoms with Crippen LogP contribution in [0.2, 0.25) is 0 Å². The summed E-state index contributed by atoms with van der Waals surface area (Å²) in [6.45, 7) is 5.70. The van der Waals surface area contributed by atoms with E-state index in [4.69, 9.17) is 9.72 Å². The SMILES string of the molecule is CO[C@H]1CCN(C(=O)c2sc(N3CCC(N4CCc5ccccc5NC4=O)CC3)nc2C)C1. The van der Waals surface area contributed by atoms with Gasteiger partial charge in [0.25, 0.3) is 5.91 Å². The fraction of sp³-hybridized carbons (Fsp3) is 0.542. The Labute approximate surface area is 198 Å². The van der Waals surface area contributed by atoms with E-state index in [2.05, 4.69) is 16.3 Å². The Kier molecular flexibility index (Phi) is 6.25. The van der Waals surface area contributed by atoms with Crippen molar-refractivity contribution in [2.24, 2.45) is 0 Å². The van der Waals surface area contributed by atoms with Crippen LogP contribution in [0.4, 0.5) is 15.6 Å². The highest BCUT2D eigenvalue weighted by molar-refractivity contribution is 7.17. The molecule has 1 aromatic heterocycles. The molecule has 0 spiro atoms. The summed E-state index contributed by atoms with van der Waals surface area (Å²) in [5.41, 5.74) is 2.91. The van der Waals surface area contributed by atoms with Gasteiger partial charge in [-0.15, -0.1) is 0 Å². The van der Waals surface area contributed by atoms with Gasteiger partial charge in [0.05, 0.1) is 11.8 Å². The van der Waals surface area contributed by atoms with Crippen molar-refractivity contribution in [3.8, 4) is 0 Å². The van der Waals surface area contributed by atoms with Gasteiger partial charge < -0.3 is 24.8 Å². The lowest BCUT2D eigenvalue weighted by molar-refractivity contribution is 0.0727. The van der Waals surface area contributed by atoms with Crippen LogP contribution in [0.3, 0.4) is 0 Å². The molecule has 0 aliphatic carbocycles. The zero-order chi connectivity index (χ0) is 22.9. The zero-order valence-corrected chi connectivity index (χ0v) is 20.1. The van der Waals surface area contributed by atoms with Crippen LogP contribution in [0.25, 0.3) is 0 Å². The quantitative estimate of drug-likeness (QED) is 0.743. The molecule has 33 heavy (non-hydrogen) atoms. The number of ether oxygens (including phenoxy) is 1. The second-order valence-electron chi connectivity index (χ2n) is 9.06. The number of methoxy groups -OCH3 is 1. The number of amides is 3. The van der Waals surface area contributed by atoms with E-state index in [1.165, 1.54) is 16.9 Å². The smallest absolute Gasteiger partial charge is 0.322 e. The summed E-state index contributed by atoms with van der Waals surface area (Å²) in [4.78, 5) is 37.5. The Morgan fingerprint density at radius 3 is 2.70 bits per heavy atom. The molecule has 2 saturated heterocycles. The molecule has 0 radical (unpaired) electrons. The lowest BCUT2D eigenvalue weighted by Crippen LogP contribution is -2.48. The van der Waals surface area contributed by atoms with Crippen LogP contribution in [-0.4, -0.2) is 78.7 Å². The fourth-order valence-corrected chi connectivity index (χ4v) is 6.16. The number of urea groups is 1. The molecule has 9 heteroatoms. The number of piperidine rings is 1. The van der Waals surface area contributed by atoms with E-state index >= 15 is 0 Å². The molecule has 3 aliphatic heterocycles. The highest BCUT2D eigenvalue weighted by atomic mass is 32.1. The molecular weight excluding hydrogens is 438 g/mol. The van der Waals surface area contributed by atoms with Gasteiger partial charge in [0.15, 0.2) is 5.13 Å². The molecule has 0 bridgehead atoms. The third-order valence-electron chi connectivity index (χ3n) is 7.06. The summed E-state index contributed by atoms with van der Waals surface area (Å²) < 4.78 is 5.41. The predicted octanol–water partition coefficient (Wildman–Crippen LogP) is 3.37. The standard InChI is InChI=1S/C24H31N5O3S/c1-16-21(22(30)28-13-10-19(15-28)32-2)33-24(25-16)27-11-8-18(9-12-27)29-14-7-17-5-3-4-6-20(17)26-23(29)31/h3-6,18-19H,7-15H2,1-2H3,(H,26,31)/t19-/m0/s1. The van der Waals surface area contributed by atoms with Crippen molar-refractivity contribution in [3.05, 3.63) is 40.4 Å². The third-order valence-corrected chi connectivity index (χ3v) is 8.27. The van der Waals surface area contributed by atoms with Crippen molar-refractivity contribution in [2.75, 3.05) is 50.1 Å². The second kappa shape index (κ2) is 9.30. The summed E-state index contributed by atoms with van der Waals surface area (Å²) in [6.07, 6.45) is 3.67. The number of carbonyl (C=O) groups is 2. The van der Waals surface area contributed by atoms with E-state index in [0.717, 1.165) is 73.3 Å². The molecule has 2 fully saturated rings. The van der Waals surface area contributed by atoms with Gasteiger partial charge in [-0.1, -0.05) is 29.5 Å². The van der Waals surface area contributed by atoms with Crippen LogP contribution in [0.1, 0.15) is 40.2 Å². The first-order valence-electron chi connectivity index (χ1n) is 11.7. The topological polar surface area (TPSA) is 78.0 Å². The first-order valence-corrected chi connectivity index (χ1v) is 12.5. The lowest BCUT2D eigenvalue weighted by atomic mass is 10.0. The maximum atomic E-state index is 13.0. The van der Waals surface area contributed by atoms with Crippen molar-refractivity contribution in [3.63, 3.8) is 0 Å². The van der Waals surface area contributed by atoms with E-state index in [1.807, 2.05) is 34.9 Å². The molecule has 4 heterocycles. The summed E-state index contributed by atoms with van der Waals surface area (Å²) in [5, 5.41) is 3.99. The Bertz CT molecular complexity index is 1030.